The number of benzene rings is 2. The molecule has 50 heavy (non-hydrogen) atoms. The number of ether oxygens (including phenoxy) is 1. The standard InChI is InChI=1S/C16H14F4N2OS.C9H9F4NS.C7H8N2O2/c1-9-5-12(17)10(7-14(9)24-8-16(18,19)20)6-13(23)11-3-2-4-22-15(11)21;1-5-2-6(10)7(14)3-8(5)15-4-9(11,12)13;1-11-7(10)5-3-2-4-9-6(5)8/h2-5,7H,6,8H2,1H3,(H2,21,22);2-3H,4,14H2,1H3;2-4H,1H3,(H2,8,9). The summed E-state index contributed by atoms with van der Waals surface area (Å²) in [5.41, 5.74) is 17.4. The summed E-state index contributed by atoms with van der Waals surface area (Å²) in [4.78, 5) is 31.3. The number of Topliss-reactive ketones (excluding diaryl/α,β-unsaturated/α-hetero) is 1. The van der Waals surface area contributed by atoms with Gasteiger partial charge in [-0.15, -0.1) is 23.5 Å². The van der Waals surface area contributed by atoms with Gasteiger partial charge in [0.25, 0.3) is 0 Å². The molecule has 0 amide bonds. The predicted molar refractivity (Wildman–Crippen MR) is 177 cm³/mol. The number of thioether (sulfide) groups is 2. The molecule has 18 heteroatoms. The summed E-state index contributed by atoms with van der Waals surface area (Å²) in [6, 6.07) is 11.0. The van der Waals surface area contributed by atoms with Gasteiger partial charge in [-0.05, 0) is 79.1 Å². The zero-order valence-corrected chi connectivity index (χ0v) is 28.2. The number of ketones is 1. The number of aryl methyl sites for hydroxylation is 2. The fourth-order valence-electron chi connectivity index (χ4n) is 3.75. The third kappa shape index (κ3) is 13.7. The smallest absolute Gasteiger partial charge is 0.398 e. The van der Waals surface area contributed by atoms with E-state index < -0.39 is 47.2 Å². The minimum Gasteiger partial charge on any atom is -0.465 e. The Balaban J connectivity index is 0.000000284. The molecule has 0 spiro atoms. The zero-order chi connectivity index (χ0) is 37.8. The highest BCUT2D eigenvalue weighted by molar-refractivity contribution is 7.99. The van der Waals surface area contributed by atoms with Crippen molar-refractivity contribution in [3.63, 3.8) is 0 Å². The van der Waals surface area contributed by atoms with E-state index in [9.17, 15) is 44.7 Å². The number of esters is 1. The average molecular weight is 750 g/mol. The lowest BCUT2D eigenvalue weighted by atomic mass is 10.0. The molecule has 270 valence electrons. The summed E-state index contributed by atoms with van der Waals surface area (Å²) in [5, 5.41) is 0. The van der Waals surface area contributed by atoms with Crippen LogP contribution in [0.3, 0.4) is 0 Å². The molecule has 0 aliphatic rings. The van der Waals surface area contributed by atoms with Crippen LogP contribution in [0.2, 0.25) is 0 Å². The van der Waals surface area contributed by atoms with Crippen molar-refractivity contribution >= 4 is 52.6 Å². The van der Waals surface area contributed by atoms with Crippen LogP contribution in [0, 0.1) is 25.5 Å². The quantitative estimate of drug-likeness (QED) is 0.0532. The summed E-state index contributed by atoms with van der Waals surface area (Å²) in [6.07, 6.45) is -5.93. The van der Waals surface area contributed by atoms with Gasteiger partial charge < -0.3 is 21.9 Å². The molecule has 0 atom stereocenters. The molecule has 0 aliphatic heterocycles. The maximum Gasteiger partial charge on any atom is 0.398 e. The number of carbonyl (C=O) groups is 2. The maximum atomic E-state index is 14.1. The highest BCUT2D eigenvalue weighted by Gasteiger charge is 2.28. The van der Waals surface area contributed by atoms with Gasteiger partial charge >= 0.3 is 18.3 Å². The highest BCUT2D eigenvalue weighted by Crippen LogP contribution is 2.32. The molecule has 2 heterocycles. The van der Waals surface area contributed by atoms with E-state index in [-0.39, 0.29) is 39.8 Å². The lowest BCUT2D eigenvalue weighted by molar-refractivity contribution is -0.106. The zero-order valence-electron chi connectivity index (χ0n) is 26.6. The molecule has 0 bridgehead atoms. The molecule has 0 aliphatic carbocycles. The van der Waals surface area contributed by atoms with Gasteiger partial charge in [0.2, 0.25) is 0 Å². The van der Waals surface area contributed by atoms with Gasteiger partial charge in [-0.1, -0.05) is 0 Å². The number of anilines is 3. The van der Waals surface area contributed by atoms with Crippen LogP contribution in [0.15, 0.2) is 70.7 Å². The fraction of sp³-hybridized carbons (Fsp3) is 0.250. The van der Waals surface area contributed by atoms with Gasteiger partial charge in [0, 0.05) is 28.6 Å². The van der Waals surface area contributed by atoms with Crippen LogP contribution in [0.4, 0.5) is 52.4 Å². The maximum absolute atomic E-state index is 14.1. The molecule has 0 saturated heterocycles. The van der Waals surface area contributed by atoms with Crippen molar-refractivity contribution in [1.82, 2.24) is 9.97 Å². The van der Waals surface area contributed by atoms with E-state index >= 15 is 0 Å². The van der Waals surface area contributed by atoms with Crippen molar-refractivity contribution in [3.05, 3.63) is 100 Å². The molecule has 0 saturated carbocycles. The number of aromatic nitrogens is 2. The minimum atomic E-state index is -4.33. The summed E-state index contributed by atoms with van der Waals surface area (Å²) in [6.45, 7) is 3.06. The second-order valence-corrected chi connectivity index (χ2v) is 12.2. The topological polar surface area (TPSA) is 147 Å². The Morgan fingerprint density at radius 1 is 0.740 bits per heavy atom. The van der Waals surface area contributed by atoms with Crippen LogP contribution in [-0.4, -0.2) is 52.7 Å². The summed E-state index contributed by atoms with van der Waals surface area (Å²) < 4.78 is 104. The predicted octanol–water partition coefficient (Wildman–Crippen LogP) is 8.01. The Bertz CT molecular complexity index is 1790. The van der Waals surface area contributed by atoms with Crippen LogP contribution >= 0.6 is 23.5 Å². The molecule has 6 N–H and O–H groups in total. The van der Waals surface area contributed by atoms with E-state index in [1.807, 2.05) is 0 Å². The van der Waals surface area contributed by atoms with Crippen molar-refractivity contribution < 1.29 is 49.4 Å². The van der Waals surface area contributed by atoms with Crippen molar-refractivity contribution in [3.8, 4) is 0 Å². The fourth-order valence-corrected chi connectivity index (χ4v) is 5.40. The van der Waals surface area contributed by atoms with Gasteiger partial charge in [-0.3, -0.25) is 4.79 Å². The number of hydrogen-bond acceptors (Lipinski definition) is 10. The first-order valence-corrected chi connectivity index (χ1v) is 16.0. The lowest BCUT2D eigenvalue weighted by Crippen LogP contribution is -2.11. The van der Waals surface area contributed by atoms with Gasteiger partial charge in [0.1, 0.15) is 28.8 Å². The molecule has 2 aromatic heterocycles. The van der Waals surface area contributed by atoms with Crippen molar-refractivity contribution in [2.75, 3.05) is 35.8 Å². The number of nitrogens with zero attached hydrogens (tertiary/aromatic N) is 2. The molecular weight excluding hydrogens is 719 g/mol. The molecule has 4 rings (SSSR count). The highest BCUT2D eigenvalue weighted by atomic mass is 32.2. The summed E-state index contributed by atoms with van der Waals surface area (Å²) in [7, 11) is 1.30. The van der Waals surface area contributed by atoms with E-state index in [1.54, 1.807) is 19.1 Å². The number of carbonyl (C=O) groups excluding carboxylic acids is 2. The largest absolute Gasteiger partial charge is 0.465 e. The first kappa shape index (κ1) is 41.6. The molecule has 8 nitrogen and oxygen atoms in total. The van der Waals surface area contributed by atoms with E-state index in [0.29, 0.717) is 45.1 Å². The van der Waals surface area contributed by atoms with Crippen LogP contribution in [0.5, 0.6) is 0 Å². The van der Waals surface area contributed by atoms with Crippen LogP contribution in [0.1, 0.15) is 37.4 Å². The van der Waals surface area contributed by atoms with E-state index in [2.05, 4.69) is 14.7 Å². The van der Waals surface area contributed by atoms with Crippen molar-refractivity contribution in [2.45, 2.75) is 42.4 Å². The first-order valence-electron chi connectivity index (χ1n) is 14.0. The molecular formula is C32H31F8N5O3S2. The Labute approximate surface area is 290 Å². The second-order valence-electron chi connectivity index (χ2n) is 10.1. The van der Waals surface area contributed by atoms with Gasteiger partial charge in [-0.25, -0.2) is 23.5 Å². The number of rotatable bonds is 8. The van der Waals surface area contributed by atoms with Crippen LogP contribution in [0.25, 0.3) is 0 Å². The number of hydrogen-bond donors (Lipinski definition) is 3. The molecule has 0 fully saturated rings. The lowest BCUT2D eigenvalue weighted by Gasteiger charge is -2.11. The summed E-state index contributed by atoms with van der Waals surface area (Å²) >= 11 is 1.17. The third-order valence-electron chi connectivity index (χ3n) is 6.15. The normalized spacial score (nSPS) is 11.1. The van der Waals surface area contributed by atoms with Gasteiger partial charge in [0.05, 0.1) is 29.9 Å². The number of nitrogens with two attached hydrogens (primary N) is 3. The number of nitrogen functional groups attached to an aromatic ring is 3. The van der Waals surface area contributed by atoms with Crippen molar-refractivity contribution in [2.24, 2.45) is 0 Å². The Kier molecular flexibility index (Phi) is 15.3. The average Bonchev–Trinajstić information content (AvgIpc) is 3.02. The molecule has 2 aromatic carbocycles. The Morgan fingerprint density at radius 2 is 1.20 bits per heavy atom. The second kappa shape index (κ2) is 18.4. The van der Waals surface area contributed by atoms with Gasteiger partial charge in [0.15, 0.2) is 5.78 Å². The van der Waals surface area contributed by atoms with Crippen LogP contribution < -0.4 is 17.2 Å². The van der Waals surface area contributed by atoms with E-state index in [1.165, 1.54) is 50.7 Å². The number of alkyl halides is 6. The SMILES string of the molecule is COC(=O)c1cccnc1N.Cc1cc(F)c(CC(=O)c2cccnc2N)cc1SCC(F)(F)F.Cc1cc(F)c(N)cc1SCC(F)(F)F. The monoisotopic (exact) mass is 749 g/mol. The molecule has 0 unspecified atom stereocenters. The van der Waals surface area contributed by atoms with E-state index in [0.717, 1.165) is 12.1 Å². The number of methoxy groups -OCH3 is 1. The number of pyridine rings is 2. The summed E-state index contributed by atoms with van der Waals surface area (Å²) in [5.74, 6) is -4.02. The Hall–Kier alpha value is -4.58. The third-order valence-corrected chi connectivity index (χ3v) is 8.60. The first-order chi connectivity index (χ1) is 23.2. The molecule has 0 radical (unpaired) electrons. The minimum absolute atomic E-state index is 0.0264. The van der Waals surface area contributed by atoms with Crippen molar-refractivity contribution in [1.29, 1.82) is 0 Å². The molecule has 4 aromatic rings. The van der Waals surface area contributed by atoms with Gasteiger partial charge in [-0.2, -0.15) is 26.3 Å². The number of halogens is 8. The van der Waals surface area contributed by atoms with Crippen LogP contribution in [-0.2, 0) is 11.2 Å². The Morgan fingerprint density at radius 3 is 1.66 bits per heavy atom. The van der Waals surface area contributed by atoms with E-state index in [4.69, 9.17) is 17.2 Å².